The summed E-state index contributed by atoms with van der Waals surface area (Å²) >= 11 is 1.69. The van der Waals surface area contributed by atoms with Crippen LogP contribution in [0.4, 0.5) is 0 Å². The number of thioether (sulfide) groups is 1. The molecular weight excluding hydrogens is 204 g/mol. The zero-order chi connectivity index (χ0) is 11.3. The molecule has 0 aliphatic heterocycles. The lowest BCUT2D eigenvalue weighted by atomic mass is 10.2. The minimum absolute atomic E-state index is 0.284. The Morgan fingerprint density at radius 2 is 2.00 bits per heavy atom. The van der Waals surface area contributed by atoms with Crippen LogP contribution in [0.1, 0.15) is 18.9 Å². The van der Waals surface area contributed by atoms with Gasteiger partial charge in [-0.2, -0.15) is 0 Å². The summed E-state index contributed by atoms with van der Waals surface area (Å²) in [6.07, 6.45) is 0.410. The Labute approximate surface area is 96.2 Å². The van der Waals surface area contributed by atoms with Gasteiger partial charge in [0.15, 0.2) is 0 Å². The van der Waals surface area contributed by atoms with Crippen LogP contribution in [0, 0.1) is 6.92 Å². The zero-order valence-electron chi connectivity index (χ0n) is 9.36. The first-order valence-corrected chi connectivity index (χ1v) is 6.08. The molecule has 82 valence electrons. The van der Waals surface area contributed by atoms with Crippen molar-refractivity contribution in [3.63, 3.8) is 0 Å². The Hall–Kier alpha value is -0.730. The smallest absolute Gasteiger partial charge is 0.0670 e. The van der Waals surface area contributed by atoms with E-state index in [0.717, 1.165) is 11.3 Å². The second-order valence-corrected chi connectivity index (χ2v) is 5.03. The highest BCUT2D eigenvalue weighted by Crippen LogP contribution is 2.20. The maximum atomic E-state index is 9.65. The van der Waals surface area contributed by atoms with Crippen molar-refractivity contribution in [2.24, 2.45) is 0 Å². The predicted octanol–water partition coefficient (Wildman–Crippen LogP) is 3.41. The second kappa shape index (κ2) is 5.99. The van der Waals surface area contributed by atoms with Crippen molar-refractivity contribution in [3.05, 3.63) is 42.0 Å². The molecule has 0 aliphatic carbocycles. The van der Waals surface area contributed by atoms with E-state index in [4.69, 9.17) is 0 Å². The van der Waals surface area contributed by atoms with E-state index in [1.807, 2.05) is 6.92 Å². The molecule has 1 aromatic carbocycles. The maximum absolute atomic E-state index is 9.65. The van der Waals surface area contributed by atoms with Gasteiger partial charge in [-0.3, -0.25) is 0 Å². The minimum Gasteiger partial charge on any atom is -0.392 e. The van der Waals surface area contributed by atoms with Crippen LogP contribution in [0.5, 0.6) is 0 Å². The van der Waals surface area contributed by atoms with E-state index in [0.29, 0.717) is 6.42 Å². The van der Waals surface area contributed by atoms with Gasteiger partial charge in [0, 0.05) is 10.6 Å². The number of hydrogen-bond donors (Lipinski definition) is 1. The van der Waals surface area contributed by atoms with E-state index >= 15 is 0 Å². The number of aryl methyl sites for hydroxylation is 1. The fourth-order valence-corrected chi connectivity index (χ4v) is 2.12. The third kappa shape index (κ3) is 5.05. The van der Waals surface area contributed by atoms with E-state index < -0.39 is 0 Å². The topological polar surface area (TPSA) is 20.2 Å². The molecule has 0 bridgehead atoms. The molecule has 1 aromatic rings. The van der Waals surface area contributed by atoms with Crippen molar-refractivity contribution >= 4 is 11.8 Å². The summed E-state index contributed by atoms with van der Waals surface area (Å²) in [6.45, 7) is 7.81. The summed E-state index contributed by atoms with van der Waals surface area (Å²) in [5.74, 6) is 0.732. The molecule has 1 rings (SSSR count). The molecular formula is C13H18OS. The van der Waals surface area contributed by atoms with Crippen LogP contribution in [0.3, 0.4) is 0 Å². The summed E-state index contributed by atoms with van der Waals surface area (Å²) in [5.41, 5.74) is 2.30. The molecule has 1 atom stereocenters. The monoisotopic (exact) mass is 222 g/mol. The number of aliphatic hydroxyl groups is 1. The van der Waals surface area contributed by atoms with Gasteiger partial charge in [0.1, 0.15) is 0 Å². The van der Waals surface area contributed by atoms with Crippen molar-refractivity contribution in [2.75, 3.05) is 5.75 Å². The van der Waals surface area contributed by atoms with Crippen LogP contribution in [-0.4, -0.2) is 17.0 Å². The van der Waals surface area contributed by atoms with Crippen molar-refractivity contribution in [2.45, 2.75) is 31.3 Å². The van der Waals surface area contributed by atoms with Gasteiger partial charge >= 0.3 is 0 Å². The molecule has 0 heterocycles. The van der Waals surface area contributed by atoms with Gasteiger partial charge in [0.2, 0.25) is 0 Å². The number of benzene rings is 1. The summed E-state index contributed by atoms with van der Waals surface area (Å²) in [7, 11) is 0. The molecule has 0 saturated carbocycles. The van der Waals surface area contributed by atoms with E-state index in [9.17, 15) is 5.11 Å². The Balaban J connectivity index is 2.36. The maximum Gasteiger partial charge on any atom is 0.0670 e. The van der Waals surface area contributed by atoms with Gasteiger partial charge in [0.05, 0.1) is 6.10 Å². The average Bonchev–Trinajstić information content (AvgIpc) is 2.16. The third-order valence-electron chi connectivity index (χ3n) is 2.05. The van der Waals surface area contributed by atoms with Crippen molar-refractivity contribution in [1.82, 2.24) is 0 Å². The number of aliphatic hydroxyl groups excluding tert-OH is 1. The molecule has 0 fully saturated rings. The largest absolute Gasteiger partial charge is 0.392 e. The van der Waals surface area contributed by atoms with Crippen molar-refractivity contribution in [3.8, 4) is 0 Å². The lowest BCUT2D eigenvalue weighted by Gasteiger charge is -2.09. The Kier molecular flexibility index (Phi) is 4.92. The first-order chi connectivity index (χ1) is 7.08. The molecule has 1 unspecified atom stereocenters. The standard InChI is InChI=1S/C13H18OS/c1-10(2)8-12(14)9-15-13-6-4-11(3)5-7-13/h4-7,12,14H,1,8-9H2,2-3H3. The molecule has 0 saturated heterocycles. The lowest BCUT2D eigenvalue weighted by Crippen LogP contribution is -2.09. The predicted molar refractivity (Wildman–Crippen MR) is 67.3 cm³/mol. The molecule has 1 N–H and O–H groups in total. The quantitative estimate of drug-likeness (QED) is 0.608. The minimum atomic E-state index is -0.284. The Bertz CT molecular complexity index is 316. The van der Waals surface area contributed by atoms with E-state index in [-0.39, 0.29) is 6.10 Å². The van der Waals surface area contributed by atoms with Crippen LogP contribution in [0.15, 0.2) is 41.3 Å². The van der Waals surface area contributed by atoms with Crippen LogP contribution < -0.4 is 0 Å². The van der Waals surface area contributed by atoms with Gasteiger partial charge in [-0.25, -0.2) is 0 Å². The van der Waals surface area contributed by atoms with Crippen molar-refractivity contribution in [1.29, 1.82) is 0 Å². The summed E-state index contributed by atoms with van der Waals surface area (Å²) in [5, 5.41) is 9.65. The average molecular weight is 222 g/mol. The van der Waals surface area contributed by atoms with Gasteiger partial charge in [-0.05, 0) is 32.4 Å². The molecule has 1 nitrogen and oxygen atoms in total. The normalized spacial score (nSPS) is 12.5. The van der Waals surface area contributed by atoms with Gasteiger partial charge < -0.3 is 5.11 Å². The van der Waals surface area contributed by atoms with Crippen LogP contribution >= 0.6 is 11.8 Å². The highest BCUT2D eigenvalue weighted by molar-refractivity contribution is 7.99. The fraction of sp³-hybridized carbons (Fsp3) is 0.385. The van der Waals surface area contributed by atoms with E-state index in [2.05, 4.69) is 37.8 Å². The highest BCUT2D eigenvalue weighted by atomic mass is 32.2. The zero-order valence-corrected chi connectivity index (χ0v) is 10.2. The lowest BCUT2D eigenvalue weighted by molar-refractivity contribution is 0.200. The second-order valence-electron chi connectivity index (χ2n) is 3.94. The highest BCUT2D eigenvalue weighted by Gasteiger charge is 2.04. The fourth-order valence-electron chi connectivity index (χ4n) is 1.29. The van der Waals surface area contributed by atoms with Crippen LogP contribution in [0.25, 0.3) is 0 Å². The van der Waals surface area contributed by atoms with E-state index in [1.165, 1.54) is 10.5 Å². The summed E-state index contributed by atoms with van der Waals surface area (Å²) in [6, 6.07) is 8.36. The Morgan fingerprint density at radius 3 is 2.53 bits per heavy atom. The third-order valence-corrected chi connectivity index (χ3v) is 3.20. The van der Waals surface area contributed by atoms with Crippen LogP contribution in [0.2, 0.25) is 0 Å². The first kappa shape index (κ1) is 12.3. The van der Waals surface area contributed by atoms with Gasteiger partial charge in [-0.15, -0.1) is 18.3 Å². The molecule has 2 heteroatoms. The van der Waals surface area contributed by atoms with E-state index in [1.54, 1.807) is 11.8 Å². The Morgan fingerprint density at radius 1 is 1.40 bits per heavy atom. The van der Waals surface area contributed by atoms with Gasteiger partial charge in [0.25, 0.3) is 0 Å². The van der Waals surface area contributed by atoms with Crippen molar-refractivity contribution < 1.29 is 5.11 Å². The van der Waals surface area contributed by atoms with Crippen LogP contribution in [-0.2, 0) is 0 Å². The molecule has 0 radical (unpaired) electrons. The number of hydrogen-bond acceptors (Lipinski definition) is 2. The molecule has 0 aromatic heterocycles. The first-order valence-electron chi connectivity index (χ1n) is 5.10. The molecule has 0 spiro atoms. The summed E-state index contributed by atoms with van der Waals surface area (Å²) < 4.78 is 0. The van der Waals surface area contributed by atoms with Gasteiger partial charge in [-0.1, -0.05) is 23.3 Å². The number of rotatable bonds is 5. The summed E-state index contributed by atoms with van der Waals surface area (Å²) in [4.78, 5) is 1.21. The molecule has 0 aliphatic rings. The SMILES string of the molecule is C=C(C)CC(O)CSc1ccc(C)cc1. The molecule has 15 heavy (non-hydrogen) atoms. The molecule has 0 amide bonds.